The predicted octanol–water partition coefficient (Wildman–Crippen LogP) is 1.68. The molecule has 0 bridgehead atoms. The molecule has 0 saturated heterocycles. The van der Waals surface area contributed by atoms with Crippen LogP contribution in [0, 0.1) is 0 Å². The van der Waals surface area contributed by atoms with Crippen LogP contribution in [-0.2, 0) is 4.79 Å². The van der Waals surface area contributed by atoms with Gasteiger partial charge < -0.3 is 15.6 Å². The second-order valence-corrected chi connectivity index (χ2v) is 3.40. The summed E-state index contributed by atoms with van der Waals surface area (Å²) in [7, 11) is 0. The summed E-state index contributed by atoms with van der Waals surface area (Å²) in [5.74, 6) is -0.623. The van der Waals surface area contributed by atoms with Crippen molar-refractivity contribution in [3.8, 4) is 11.5 Å². The molecule has 0 radical (unpaired) electrons. The smallest absolute Gasteiger partial charge is 0.308 e. The largest absolute Gasteiger partial charge is 0.504 e. The second-order valence-electron chi connectivity index (χ2n) is 3.40. The third-order valence-electron chi connectivity index (χ3n) is 2.08. The Morgan fingerprint density at radius 1 is 1.62 bits per heavy atom. The molecule has 1 aromatic carbocycles. The summed E-state index contributed by atoms with van der Waals surface area (Å²) in [6, 6.07) is 3.93. The van der Waals surface area contributed by atoms with E-state index < -0.39 is 18.7 Å². The molecule has 5 heteroatoms. The third-order valence-corrected chi connectivity index (χ3v) is 2.08. The van der Waals surface area contributed by atoms with E-state index in [0.717, 1.165) is 0 Å². The number of rotatable bonds is 4. The summed E-state index contributed by atoms with van der Waals surface area (Å²) in [4.78, 5) is 10.7. The molecular weight excluding hydrogens is 213 g/mol. The van der Waals surface area contributed by atoms with E-state index in [1.54, 1.807) is 6.07 Å². The molecule has 1 rings (SSSR count). The first-order chi connectivity index (χ1) is 7.54. The van der Waals surface area contributed by atoms with Crippen LogP contribution >= 0.6 is 0 Å². The first-order valence-electron chi connectivity index (χ1n) is 4.87. The van der Waals surface area contributed by atoms with Gasteiger partial charge in [-0.05, 0) is 24.1 Å². The van der Waals surface area contributed by atoms with Crippen LogP contribution in [-0.4, -0.2) is 17.8 Å². The van der Waals surface area contributed by atoms with Crippen LogP contribution in [0.5, 0.6) is 11.5 Å². The van der Waals surface area contributed by atoms with Crippen molar-refractivity contribution < 1.29 is 19.0 Å². The summed E-state index contributed by atoms with van der Waals surface area (Å²) in [5.41, 5.74) is 6.27. The number of phenols is 1. The average molecular weight is 227 g/mol. The Morgan fingerprint density at radius 3 is 2.81 bits per heavy atom. The number of carbonyl (C=O) groups is 1. The molecule has 3 N–H and O–H groups in total. The standard InChI is InChI=1S/C11H14FNO3/c1-7(14)16-11-3-2-8(6-10(11)15)9(13)4-5-12/h2-3,6,9,15H,4-5,13H2,1H3/t9-/m1/s1. The maximum absolute atomic E-state index is 12.1. The quantitative estimate of drug-likeness (QED) is 0.606. The number of aromatic hydroxyl groups is 1. The molecule has 4 nitrogen and oxygen atoms in total. The number of nitrogens with two attached hydrogens (primary N) is 1. The SMILES string of the molecule is CC(=O)Oc1ccc([C@H](N)CCF)cc1O. The van der Waals surface area contributed by atoms with Crippen LogP contribution in [0.25, 0.3) is 0 Å². The zero-order chi connectivity index (χ0) is 12.1. The molecule has 0 heterocycles. The number of alkyl halides is 1. The number of hydrogen-bond donors (Lipinski definition) is 2. The lowest BCUT2D eigenvalue weighted by Gasteiger charge is -2.11. The van der Waals surface area contributed by atoms with Crippen molar-refractivity contribution in [1.82, 2.24) is 0 Å². The van der Waals surface area contributed by atoms with Crippen molar-refractivity contribution >= 4 is 5.97 Å². The molecule has 0 spiro atoms. The van der Waals surface area contributed by atoms with Crippen LogP contribution < -0.4 is 10.5 Å². The van der Waals surface area contributed by atoms with Gasteiger partial charge in [-0.25, -0.2) is 0 Å². The topological polar surface area (TPSA) is 72.5 Å². The first kappa shape index (κ1) is 12.4. The second kappa shape index (κ2) is 5.46. The number of halogens is 1. The van der Waals surface area contributed by atoms with Crippen molar-refractivity contribution in [1.29, 1.82) is 0 Å². The van der Waals surface area contributed by atoms with Gasteiger partial charge in [0.05, 0.1) is 6.67 Å². The fourth-order valence-electron chi connectivity index (χ4n) is 1.29. The van der Waals surface area contributed by atoms with Crippen molar-refractivity contribution in [3.05, 3.63) is 23.8 Å². The van der Waals surface area contributed by atoms with E-state index in [-0.39, 0.29) is 17.9 Å². The number of benzene rings is 1. The summed E-state index contributed by atoms with van der Waals surface area (Å²) >= 11 is 0. The number of carbonyl (C=O) groups excluding carboxylic acids is 1. The first-order valence-corrected chi connectivity index (χ1v) is 4.87. The Labute approximate surface area is 92.8 Å². The predicted molar refractivity (Wildman–Crippen MR) is 56.9 cm³/mol. The van der Waals surface area contributed by atoms with Gasteiger partial charge in [0, 0.05) is 13.0 Å². The molecule has 0 aliphatic heterocycles. The minimum atomic E-state index is -0.520. The number of esters is 1. The summed E-state index contributed by atoms with van der Waals surface area (Å²) in [5, 5.41) is 9.53. The summed E-state index contributed by atoms with van der Waals surface area (Å²) in [6.45, 7) is 0.718. The van der Waals surface area contributed by atoms with Gasteiger partial charge in [0.2, 0.25) is 0 Å². The Morgan fingerprint density at radius 2 is 2.31 bits per heavy atom. The third kappa shape index (κ3) is 3.20. The molecule has 88 valence electrons. The Balaban J connectivity index is 2.85. The van der Waals surface area contributed by atoms with Gasteiger partial charge in [-0.2, -0.15) is 0 Å². The molecule has 1 aromatic rings. The van der Waals surface area contributed by atoms with Gasteiger partial charge in [0.15, 0.2) is 11.5 Å². The molecule has 0 amide bonds. The minimum absolute atomic E-state index is 0.0729. The zero-order valence-electron chi connectivity index (χ0n) is 8.94. The number of hydrogen-bond acceptors (Lipinski definition) is 4. The highest BCUT2D eigenvalue weighted by Crippen LogP contribution is 2.29. The Kier molecular flexibility index (Phi) is 4.25. The lowest BCUT2D eigenvalue weighted by atomic mass is 10.0. The molecule has 0 saturated carbocycles. The highest BCUT2D eigenvalue weighted by atomic mass is 19.1. The van der Waals surface area contributed by atoms with E-state index in [0.29, 0.717) is 5.56 Å². The van der Waals surface area contributed by atoms with Crippen LogP contribution in [0.1, 0.15) is 24.9 Å². The lowest BCUT2D eigenvalue weighted by molar-refractivity contribution is -0.132. The zero-order valence-corrected chi connectivity index (χ0v) is 8.94. The molecule has 0 aliphatic rings. The minimum Gasteiger partial charge on any atom is -0.504 e. The van der Waals surface area contributed by atoms with Gasteiger partial charge in [0.1, 0.15) is 0 Å². The van der Waals surface area contributed by atoms with Crippen molar-refractivity contribution in [2.75, 3.05) is 6.67 Å². The fourth-order valence-corrected chi connectivity index (χ4v) is 1.29. The molecule has 1 atom stereocenters. The van der Waals surface area contributed by atoms with Gasteiger partial charge in [-0.3, -0.25) is 9.18 Å². The van der Waals surface area contributed by atoms with Gasteiger partial charge in [-0.1, -0.05) is 6.07 Å². The summed E-state index contributed by atoms with van der Waals surface area (Å²) < 4.78 is 16.8. The highest BCUT2D eigenvalue weighted by molar-refractivity contribution is 5.70. The van der Waals surface area contributed by atoms with Gasteiger partial charge in [-0.15, -0.1) is 0 Å². The molecule has 0 aromatic heterocycles. The molecule has 0 fully saturated rings. The van der Waals surface area contributed by atoms with E-state index in [1.165, 1.54) is 19.1 Å². The van der Waals surface area contributed by atoms with Crippen LogP contribution in [0.4, 0.5) is 4.39 Å². The van der Waals surface area contributed by atoms with E-state index in [1.807, 2.05) is 0 Å². The maximum Gasteiger partial charge on any atom is 0.308 e. The van der Waals surface area contributed by atoms with E-state index in [9.17, 15) is 14.3 Å². The monoisotopic (exact) mass is 227 g/mol. The molecule has 16 heavy (non-hydrogen) atoms. The van der Waals surface area contributed by atoms with Gasteiger partial charge >= 0.3 is 5.97 Å². The van der Waals surface area contributed by atoms with Crippen molar-refractivity contribution in [3.63, 3.8) is 0 Å². The molecular formula is C11H14FNO3. The van der Waals surface area contributed by atoms with Crippen molar-refractivity contribution in [2.45, 2.75) is 19.4 Å². The van der Waals surface area contributed by atoms with E-state index >= 15 is 0 Å². The summed E-state index contributed by atoms with van der Waals surface area (Å²) in [6.07, 6.45) is 0.187. The highest BCUT2D eigenvalue weighted by Gasteiger charge is 2.10. The van der Waals surface area contributed by atoms with Crippen LogP contribution in [0.2, 0.25) is 0 Å². The Hall–Kier alpha value is -1.62. The van der Waals surface area contributed by atoms with Crippen LogP contribution in [0.15, 0.2) is 18.2 Å². The Bertz CT molecular complexity index is 381. The molecule has 0 unspecified atom stereocenters. The lowest BCUT2D eigenvalue weighted by Crippen LogP contribution is -2.11. The number of ether oxygens (including phenoxy) is 1. The molecule has 0 aliphatic carbocycles. The van der Waals surface area contributed by atoms with Crippen molar-refractivity contribution in [2.24, 2.45) is 5.73 Å². The van der Waals surface area contributed by atoms with E-state index in [2.05, 4.69) is 0 Å². The maximum atomic E-state index is 12.1. The number of phenolic OH excluding ortho intramolecular Hbond substituents is 1. The fraction of sp³-hybridized carbons (Fsp3) is 0.364. The normalized spacial score (nSPS) is 12.2. The van der Waals surface area contributed by atoms with Crippen LogP contribution in [0.3, 0.4) is 0 Å². The van der Waals surface area contributed by atoms with E-state index in [4.69, 9.17) is 10.5 Å². The van der Waals surface area contributed by atoms with Gasteiger partial charge in [0.25, 0.3) is 0 Å². The average Bonchev–Trinajstić information content (AvgIpc) is 2.20.